The molecule has 2 heteroatoms. The van der Waals surface area contributed by atoms with Gasteiger partial charge in [-0.25, -0.2) is 4.98 Å². The molecule has 0 atom stereocenters. The highest BCUT2D eigenvalue weighted by Crippen LogP contribution is 2.13. The normalized spacial score (nSPS) is 9.20. The van der Waals surface area contributed by atoms with Gasteiger partial charge < -0.3 is 0 Å². The Morgan fingerprint density at radius 3 is 3.10 bits per heavy atom. The van der Waals surface area contributed by atoms with Gasteiger partial charge in [-0.05, 0) is 13.3 Å². The van der Waals surface area contributed by atoms with E-state index in [0.717, 1.165) is 18.5 Å². The molecular weight excluding hydrogens is 142 g/mol. The van der Waals surface area contributed by atoms with Crippen molar-refractivity contribution in [3.8, 4) is 12.3 Å². The molecule has 1 aromatic rings. The van der Waals surface area contributed by atoms with E-state index in [1.165, 1.54) is 4.88 Å². The monoisotopic (exact) mass is 151 g/mol. The lowest BCUT2D eigenvalue weighted by Gasteiger charge is -1.90. The largest absolute Gasteiger partial charge is 0.250 e. The Balaban J connectivity index is 2.59. The summed E-state index contributed by atoms with van der Waals surface area (Å²) >= 11 is 1.68. The summed E-state index contributed by atoms with van der Waals surface area (Å²) in [5.74, 6) is 2.61. The van der Waals surface area contributed by atoms with E-state index in [-0.39, 0.29) is 0 Å². The summed E-state index contributed by atoms with van der Waals surface area (Å²) in [6, 6.07) is 0. The van der Waals surface area contributed by atoms with Crippen molar-refractivity contribution in [2.45, 2.75) is 19.8 Å². The van der Waals surface area contributed by atoms with E-state index < -0.39 is 0 Å². The van der Waals surface area contributed by atoms with Crippen LogP contribution in [0.1, 0.15) is 17.0 Å². The molecule has 0 bridgehead atoms. The molecule has 0 aliphatic heterocycles. The summed E-state index contributed by atoms with van der Waals surface area (Å²) in [6.45, 7) is 2.02. The molecule has 0 spiro atoms. The second-order valence-electron chi connectivity index (χ2n) is 2.07. The zero-order valence-corrected chi connectivity index (χ0v) is 6.74. The first kappa shape index (κ1) is 7.30. The van der Waals surface area contributed by atoms with Crippen LogP contribution in [0.3, 0.4) is 0 Å². The first-order chi connectivity index (χ1) is 4.84. The van der Waals surface area contributed by atoms with Gasteiger partial charge in [-0.2, -0.15) is 0 Å². The van der Waals surface area contributed by atoms with Gasteiger partial charge in [0.25, 0.3) is 0 Å². The average Bonchev–Trinajstić information content (AvgIpc) is 2.31. The molecule has 10 heavy (non-hydrogen) atoms. The van der Waals surface area contributed by atoms with Crippen molar-refractivity contribution in [3.05, 3.63) is 16.1 Å². The fourth-order valence-corrected chi connectivity index (χ4v) is 1.53. The van der Waals surface area contributed by atoms with Crippen LogP contribution in [0, 0.1) is 19.3 Å². The van der Waals surface area contributed by atoms with E-state index in [2.05, 4.69) is 10.9 Å². The van der Waals surface area contributed by atoms with E-state index in [1.54, 1.807) is 11.3 Å². The van der Waals surface area contributed by atoms with Gasteiger partial charge >= 0.3 is 0 Å². The number of aromatic nitrogens is 1. The van der Waals surface area contributed by atoms with Crippen LogP contribution < -0.4 is 0 Å². The van der Waals surface area contributed by atoms with Crippen LogP contribution in [-0.2, 0) is 6.42 Å². The van der Waals surface area contributed by atoms with Gasteiger partial charge in [0.2, 0.25) is 0 Å². The maximum atomic E-state index is 5.13. The van der Waals surface area contributed by atoms with Crippen LogP contribution in [-0.4, -0.2) is 4.98 Å². The van der Waals surface area contributed by atoms with Gasteiger partial charge in [0.1, 0.15) is 0 Å². The maximum absolute atomic E-state index is 5.13. The summed E-state index contributed by atoms with van der Waals surface area (Å²) in [6.07, 6.45) is 6.93. The van der Waals surface area contributed by atoms with Gasteiger partial charge in [-0.3, -0.25) is 0 Å². The number of hydrogen-bond donors (Lipinski definition) is 0. The molecule has 52 valence electrons. The number of terminal acetylenes is 1. The van der Waals surface area contributed by atoms with Crippen LogP contribution in [0.5, 0.6) is 0 Å². The minimum Gasteiger partial charge on any atom is -0.250 e. The highest BCUT2D eigenvalue weighted by atomic mass is 32.1. The van der Waals surface area contributed by atoms with Crippen molar-refractivity contribution in [1.82, 2.24) is 4.98 Å². The predicted octanol–water partition coefficient (Wildman–Crippen LogP) is 2.02. The average molecular weight is 151 g/mol. The molecule has 0 amide bonds. The molecule has 1 aromatic heterocycles. The van der Waals surface area contributed by atoms with Gasteiger partial charge in [0.05, 0.1) is 11.2 Å². The minimum absolute atomic E-state index is 0.822. The zero-order chi connectivity index (χ0) is 7.40. The van der Waals surface area contributed by atoms with Crippen LogP contribution in [0.4, 0.5) is 0 Å². The summed E-state index contributed by atoms with van der Waals surface area (Å²) in [7, 11) is 0. The number of thiazole rings is 1. The lowest BCUT2D eigenvalue weighted by Crippen LogP contribution is -1.81. The molecule has 0 saturated carbocycles. The van der Waals surface area contributed by atoms with Crippen molar-refractivity contribution in [2.75, 3.05) is 0 Å². The molecule has 0 N–H and O–H groups in total. The summed E-state index contributed by atoms with van der Waals surface area (Å²) < 4.78 is 0. The molecule has 0 radical (unpaired) electrons. The number of rotatable bonds is 2. The zero-order valence-electron chi connectivity index (χ0n) is 5.92. The van der Waals surface area contributed by atoms with E-state index in [1.807, 2.05) is 12.4 Å². The molecule has 0 fully saturated rings. The van der Waals surface area contributed by atoms with E-state index in [9.17, 15) is 0 Å². The minimum atomic E-state index is 0.822. The second kappa shape index (κ2) is 3.38. The van der Waals surface area contributed by atoms with Crippen molar-refractivity contribution in [3.63, 3.8) is 0 Å². The molecule has 0 saturated heterocycles. The quantitative estimate of drug-likeness (QED) is 0.589. The Kier molecular flexibility index (Phi) is 2.47. The molecule has 1 nitrogen and oxygen atoms in total. The van der Waals surface area contributed by atoms with Crippen LogP contribution in [0.25, 0.3) is 0 Å². The van der Waals surface area contributed by atoms with Crippen LogP contribution >= 0.6 is 11.3 Å². The predicted molar refractivity (Wildman–Crippen MR) is 44.0 cm³/mol. The molecule has 1 rings (SSSR count). The van der Waals surface area contributed by atoms with Crippen LogP contribution in [0.2, 0.25) is 0 Å². The highest BCUT2D eigenvalue weighted by molar-refractivity contribution is 7.09. The second-order valence-corrected chi connectivity index (χ2v) is 3.00. The fraction of sp³-hybridized carbons (Fsp3) is 0.375. The standard InChI is InChI=1S/C8H9NS/c1-3-4-5-8-7(2)9-6-10-8/h1,6H,4-5H2,2H3. The van der Waals surface area contributed by atoms with E-state index in [4.69, 9.17) is 6.42 Å². The van der Waals surface area contributed by atoms with Gasteiger partial charge in [0, 0.05) is 11.3 Å². The molecule has 0 unspecified atom stereocenters. The van der Waals surface area contributed by atoms with Crippen LogP contribution in [0.15, 0.2) is 5.51 Å². The van der Waals surface area contributed by atoms with E-state index >= 15 is 0 Å². The smallest absolute Gasteiger partial charge is 0.0797 e. The lowest BCUT2D eigenvalue weighted by molar-refractivity contribution is 1.03. The third kappa shape index (κ3) is 1.58. The first-order valence-corrected chi connectivity index (χ1v) is 4.05. The Hall–Kier alpha value is -0.810. The Morgan fingerprint density at radius 2 is 2.60 bits per heavy atom. The Labute approximate surface area is 65.1 Å². The fourth-order valence-electron chi connectivity index (χ4n) is 0.752. The maximum Gasteiger partial charge on any atom is 0.0797 e. The topological polar surface area (TPSA) is 12.9 Å². The van der Waals surface area contributed by atoms with Crippen molar-refractivity contribution in [2.24, 2.45) is 0 Å². The van der Waals surface area contributed by atoms with Crippen molar-refractivity contribution < 1.29 is 0 Å². The van der Waals surface area contributed by atoms with Crippen molar-refractivity contribution in [1.29, 1.82) is 0 Å². The molecule has 0 aliphatic carbocycles. The summed E-state index contributed by atoms with van der Waals surface area (Å²) in [5.41, 5.74) is 2.99. The third-order valence-corrected chi connectivity index (χ3v) is 2.34. The molecular formula is C8H9NS. The van der Waals surface area contributed by atoms with E-state index in [0.29, 0.717) is 0 Å². The van der Waals surface area contributed by atoms with Gasteiger partial charge in [0.15, 0.2) is 0 Å². The Bertz CT molecular complexity index is 244. The number of hydrogen-bond acceptors (Lipinski definition) is 2. The van der Waals surface area contributed by atoms with Crippen molar-refractivity contribution >= 4 is 11.3 Å². The molecule has 0 aliphatic rings. The number of aryl methyl sites for hydroxylation is 2. The first-order valence-electron chi connectivity index (χ1n) is 3.17. The van der Waals surface area contributed by atoms with Gasteiger partial charge in [-0.1, -0.05) is 0 Å². The third-order valence-electron chi connectivity index (χ3n) is 1.34. The summed E-state index contributed by atoms with van der Waals surface area (Å²) in [4.78, 5) is 5.44. The highest BCUT2D eigenvalue weighted by Gasteiger charge is 1.97. The molecule has 0 aromatic carbocycles. The number of nitrogens with zero attached hydrogens (tertiary/aromatic N) is 1. The molecule has 1 heterocycles. The SMILES string of the molecule is C#CCCc1scnc1C. The summed E-state index contributed by atoms with van der Waals surface area (Å²) in [5, 5.41) is 0. The van der Waals surface area contributed by atoms with Gasteiger partial charge in [-0.15, -0.1) is 23.7 Å². The lowest BCUT2D eigenvalue weighted by atomic mass is 10.2. The Morgan fingerprint density at radius 1 is 1.80 bits per heavy atom.